The van der Waals surface area contributed by atoms with Crippen molar-refractivity contribution in [2.45, 2.75) is 12.5 Å². The van der Waals surface area contributed by atoms with Gasteiger partial charge < -0.3 is 9.84 Å². The maximum atomic E-state index is 14.0. The Labute approximate surface area is 115 Å². The van der Waals surface area contributed by atoms with Gasteiger partial charge in [-0.25, -0.2) is 9.18 Å². The summed E-state index contributed by atoms with van der Waals surface area (Å²) in [6.45, 7) is 1.47. The van der Waals surface area contributed by atoms with E-state index in [1.54, 1.807) is 0 Å². The number of hydrogen-bond acceptors (Lipinski definition) is 4. The number of rotatable bonds is 7. The highest BCUT2D eigenvalue weighted by atomic mass is 19.1. The van der Waals surface area contributed by atoms with Gasteiger partial charge in [0.2, 0.25) is 0 Å². The third-order valence-corrected chi connectivity index (χ3v) is 2.88. The number of aliphatic carboxylic acids is 1. The smallest absolute Gasteiger partial charge is 0.328 e. The van der Waals surface area contributed by atoms with Gasteiger partial charge in [-0.3, -0.25) is 5.32 Å². The van der Waals surface area contributed by atoms with Gasteiger partial charge in [-0.2, -0.15) is 0 Å². The molecule has 20 heavy (non-hydrogen) atoms. The van der Waals surface area contributed by atoms with Crippen LogP contribution in [0.2, 0.25) is 0 Å². The molecule has 0 amide bonds. The Balaban J connectivity index is 3.19. The monoisotopic (exact) mass is 282 g/mol. The minimum absolute atomic E-state index is 0.0517. The standard InChI is InChI=1S/C12H15FN4O3/c1-12(11(18)19,15-6-7-16-17-14)10-8(13)4-3-5-9(10)20-2/h3-5,15H,6-7H2,1-2H3,(H,18,19). The Morgan fingerprint density at radius 3 is 2.90 bits per heavy atom. The summed E-state index contributed by atoms with van der Waals surface area (Å²) in [5.41, 5.74) is 6.39. The van der Waals surface area contributed by atoms with Crippen LogP contribution in [-0.4, -0.2) is 31.3 Å². The first-order chi connectivity index (χ1) is 9.47. The van der Waals surface area contributed by atoms with E-state index < -0.39 is 17.3 Å². The van der Waals surface area contributed by atoms with Crippen molar-refractivity contribution in [3.05, 3.63) is 40.0 Å². The molecule has 0 aliphatic carbocycles. The molecule has 0 bridgehead atoms. The van der Waals surface area contributed by atoms with Crippen molar-refractivity contribution < 1.29 is 19.0 Å². The zero-order valence-corrected chi connectivity index (χ0v) is 11.1. The van der Waals surface area contributed by atoms with Gasteiger partial charge in [0.15, 0.2) is 0 Å². The van der Waals surface area contributed by atoms with Gasteiger partial charge in [-0.15, -0.1) is 0 Å². The molecular weight excluding hydrogens is 267 g/mol. The quantitative estimate of drug-likeness (QED) is 0.345. The Hall–Kier alpha value is -2.31. The van der Waals surface area contributed by atoms with Crippen LogP contribution in [0.15, 0.2) is 23.3 Å². The molecule has 7 nitrogen and oxygen atoms in total. The van der Waals surface area contributed by atoms with Crippen LogP contribution < -0.4 is 10.1 Å². The highest BCUT2D eigenvalue weighted by Crippen LogP contribution is 2.32. The van der Waals surface area contributed by atoms with Gasteiger partial charge in [0.05, 0.1) is 12.7 Å². The normalized spacial score (nSPS) is 13.2. The third kappa shape index (κ3) is 3.17. The van der Waals surface area contributed by atoms with Crippen molar-refractivity contribution >= 4 is 5.97 Å². The van der Waals surface area contributed by atoms with Crippen molar-refractivity contribution in [2.24, 2.45) is 5.11 Å². The summed E-state index contributed by atoms with van der Waals surface area (Å²) in [6.07, 6.45) is 0. The van der Waals surface area contributed by atoms with Gasteiger partial charge in [-0.1, -0.05) is 11.2 Å². The first kappa shape index (κ1) is 15.7. The lowest BCUT2D eigenvalue weighted by Crippen LogP contribution is -2.48. The van der Waals surface area contributed by atoms with E-state index in [-0.39, 0.29) is 24.4 Å². The van der Waals surface area contributed by atoms with Crippen molar-refractivity contribution in [1.82, 2.24) is 5.32 Å². The molecule has 1 unspecified atom stereocenters. The fraction of sp³-hybridized carbons (Fsp3) is 0.417. The van der Waals surface area contributed by atoms with Gasteiger partial charge in [0.1, 0.15) is 17.1 Å². The molecule has 0 aromatic heterocycles. The molecule has 0 fully saturated rings. The summed E-state index contributed by atoms with van der Waals surface area (Å²) < 4.78 is 19.0. The second kappa shape index (κ2) is 6.74. The van der Waals surface area contributed by atoms with Crippen LogP contribution in [0.1, 0.15) is 12.5 Å². The van der Waals surface area contributed by atoms with Gasteiger partial charge in [-0.05, 0) is 24.6 Å². The van der Waals surface area contributed by atoms with Crippen LogP contribution >= 0.6 is 0 Å². The lowest BCUT2D eigenvalue weighted by atomic mass is 9.90. The van der Waals surface area contributed by atoms with Gasteiger partial charge in [0, 0.05) is 18.0 Å². The molecule has 0 aliphatic rings. The molecule has 0 heterocycles. The lowest BCUT2D eigenvalue weighted by molar-refractivity contribution is -0.144. The number of nitrogens with one attached hydrogen (secondary N) is 1. The van der Waals surface area contributed by atoms with E-state index in [0.717, 1.165) is 6.07 Å². The predicted octanol–water partition coefficient (Wildman–Crippen LogP) is 2.03. The fourth-order valence-electron chi connectivity index (χ4n) is 1.83. The molecule has 0 saturated heterocycles. The largest absolute Gasteiger partial charge is 0.496 e. The fourth-order valence-corrected chi connectivity index (χ4v) is 1.83. The molecule has 108 valence electrons. The number of halogens is 1. The minimum Gasteiger partial charge on any atom is -0.496 e. The van der Waals surface area contributed by atoms with Crippen LogP contribution in [-0.2, 0) is 10.3 Å². The second-order valence-electron chi connectivity index (χ2n) is 4.13. The molecule has 1 atom stereocenters. The Morgan fingerprint density at radius 2 is 2.35 bits per heavy atom. The van der Waals surface area contributed by atoms with E-state index in [9.17, 15) is 14.3 Å². The van der Waals surface area contributed by atoms with E-state index in [2.05, 4.69) is 15.3 Å². The molecule has 0 spiro atoms. The van der Waals surface area contributed by atoms with E-state index in [4.69, 9.17) is 10.3 Å². The van der Waals surface area contributed by atoms with Gasteiger partial charge >= 0.3 is 5.97 Å². The summed E-state index contributed by atoms with van der Waals surface area (Å²) >= 11 is 0. The number of hydrogen-bond donors (Lipinski definition) is 2. The summed E-state index contributed by atoms with van der Waals surface area (Å²) in [5.74, 6) is -1.82. The number of carbonyl (C=O) groups is 1. The molecule has 1 rings (SSSR count). The number of methoxy groups -OCH3 is 1. The second-order valence-corrected chi connectivity index (χ2v) is 4.13. The first-order valence-electron chi connectivity index (χ1n) is 5.79. The first-order valence-corrected chi connectivity index (χ1v) is 5.79. The van der Waals surface area contributed by atoms with Gasteiger partial charge in [0.25, 0.3) is 0 Å². The molecule has 8 heteroatoms. The molecule has 1 aromatic rings. The highest BCUT2D eigenvalue weighted by molar-refractivity contribution is 5.81. The van der Waals surface area contributed by atoms with Crippen molar-refractivity contribution in [1.29, 1.82) is 0 Å². The number of carboxylic acids is 1. The van der Waals surface area contributed by atoms with E-state index in [1.165, 1.54) is 26.2 Å². The van der Waals surface area contributed by atoms with Crippen LogP contribution in [0.3, 0.4) is 0 Å². The van der Waals surface area contributed by atoms with Crippen LogP contribution in [0.25, 0.3) is 10.4 Å². The van der Waals surface area contributed by atoms with Crippen molar-refractivity contribution in [3.8, 4) is 5.75 Å². The average Bonchev–Trinajstić information content (AvgIpc) is 2.42. The number of nitrogens with zero attached hydrogens (tertiary/aromatic N) is 3. The zero-order valence-electron chi connectivity index (χ0n) is 11.1. The highest BCUT2D eigenvalue weighted by Gasteiger charge is 2.39. The molecule has 1 aromatic carbocycles. The maximum absolute atomic E-state index is 14.0. The Bertz CT molecular complexity index is 546. The van der Waals surface area contributed by atoms with Crippen molar-refractivity contribution in [3.63, 3.8) is 0 Å². The molecular formula is C12H15FN4O3. The number of benzene rings is 1. The summed E-state index contributed by atoms with van der Waals surface area (Å²) in [6, 6.07) is 4.07. The van der Waals surface area contributed by atoms with E-state index >= 15 is 0 Å². The van der Waals surface area contributed by atoms with Crippen LogP contribution in [0, 0.1) is 5.82 Å². The molecule has 0 radical (unpaired) electrons. The molecule has 2 N–H and O–H groups in total. The maximum Gasteiger partial charge on any atom is 0.328 e. The SMILES string of the molecule is COc1cccc(F)c1C(C)(NCCN=[N+]=[N-])C(=O)O. The topological polar surface area (TPSA) is 107 Å². The third-order valence-electron chi connectivity index (χ3n) is 2.88. The summed E-state index contributed by atoms with van der Waals surface area (Å²) in [5, 5.41) is 15.4. The molecule has 0 saturated carbocycles. The van der Waals surface area contributed by atoms with Crippen LogP contribution in [0.5, 0.6) is 5.75 Å². The summed E-state index contributed by atoms with van der Waals surface area (Å²) in [4.78, 5) is 14.1. The minimum atomic E-state index is -1.69. The predicted molar refractivity (Wildman–Crippen MR) is 70.0 cm³/mol. The summed E-state index contributed by atoms with van der Waals surface area (Å²) in [7, 11) is 1.33. The van der Waals surface area contributed by atoms with E-state index in [1.807, 2.05) is 0 Å². The average molecular weight is 282 g/mol. The molecule has 0 aliphatic heterocycles. The Kier molecular flexibility index (Phi) is 5.31. The Morgan fingerprint density at radius 1 is 1.65 bits per heavy atom. The van der Waals surface area contributed by atoms with Crippen LogP contribution in [0.4, 0.5) is 4.39 Å². The zero-order chi connectivity index (χ0) is 15.2. The number of carboxylic acid groups (broad SMARTS) is 1. The van der Waals surface area contributed by atoms with Crippen molar-refractivity contribution in [2.75, 3.05) is 20.2 Å². The lowest BCUT2D eigenvalue weighted by Gasteiger charge is -2.28. The van der Waals surface area contributed by atoms with E-state index in [0.29, 0.717) is 0 Å². The number of ether oxygens (including phenoxy) is 1. The number of azide groups is 1.